The molecule has 0 aliphatic heterocycles. The summed E-state index contributed by atoms with van der Waals surface area (Å²) in [6.07, 6.45) is 5.27. The zero-order valence-corrected chi connectivity index (χ0v) is 22.6. The maximum absolute atomic E-state index is 13.0. The molecule has 4 aromatic rings. The Hall–Kier alpha value is -4.54. The van der Waals surface area contributed by atoms with Gasteiger partial charge >= 0.3 is 0 Å². The van der Waals surface area contributed by atoms with Gasteiger partial charge in [0.15, 0.2) is 0 Å². The van der Waals surface area contributed by atoms with Crippen LogP contribution in [0.2, 0.25) is 5.02 Å². The topological polar surface area (TPSA) is 89.2 Å². The number of aromatic nitrogens is 2. The first-order chi connectivity index (χ1) is 19.0. The maximum Gasteiger partial charge on any atom is 0.266 e. The Labute approximate surface area is 233 Å². The second-order valence-corrected chi connectivity index (χ2v) is 9.05. The van der Waals surface area contributed by atoms with Crippen molar-refractivity contribution in [2.45, 2.75) is 26.7 Å². The number of carbonyl (C=O) groups excluding carboxylic acids is 1. The van der Waals surface area contributed by atoms with E-state index in [0.29, 0.717) is 46.7 Å². The fourth-order valence-electron chi connectivity index (χ4n) is 3.83. The van der Waals surface area contributed by atoms with Crippen LogP contribution in [-0.4, -0.2) is 28.9 Å². The number of ether oxygens (including phenoxy) is 2. The number of rotatable bonds is 11. The molecular weight excluding hydrogens is 512 g/mol. The lowest BCUT2D eigenvalue weighted by Gasteiger charge is -2.09. The van der Waals surface area contributed by atoms with E-state index in [0.717, 1.165) is 24.1 Å². The van der Waals surface area contributed by atoms with Crippen LogP contribution >= 0.6 is 11.6 Å². The van der Waals surface area contributed by atoms with Crippen LogP contribution in [0.25, 0.3) is 23.0 Å². The highest BCUT2D eigenvalue weighted by Crippen LogP contribution is 2.33. The molecule has 0 fully saturated rings. The number of nitriles is 1. The standard InChI is InChI=1S/C31H29ClN4O3/c1-3-5-17-39-29-16-11-22(19-28(29)32)30-24(21-36(35-30)26-9-7-6-8-10-26)18-23(20-33)31(37)34-25-12-14-27(15-13-25)38-4-2/h6-16,18-19,21H,3-5,17H2,1-2H3,(H,34,37)/b23-18-. The first kappa shape index (κ1) is 27.5. The van der Waals surface area contributed by atoms with Gasteiger partial charge in [-0.3, -0.25) is 4.79 Å². The largest absolute Gasteiger partial charge is 0.494 e. The average Bonchev–Trinajstić information content (AvgIpc) is 3.38. The van der Waals surface area contributed by atoms with Gasteiger partial charge in [0, 0.05) is 23.0 Å². The zero-order chi connectivity index (χ0) is 27.6. The Bertz CT molecular complexity index is 1490. The molecule has 0 radical (unpaired) electrons. The van der Waals surface area contributed by atoms with E-state index in [1.807, 2.05) is 55.5 Å². The number of carbonyl (C=O) groups is 1. The monoisotopic (exact) mass is 540 g/mol. The summed E-state index contributed by atoms with van der Waals surface area (Å²) < 4.78 is 12.9. The van der Waals surface area contributed by atoms with Crippen LogP contribution in [0.5, 0.6) is 11.5 Å². The van der Waals surface area contributed by atoms with E-state index in [-0.39, 0.29) is 5.57 Å². The molecule has 1 aromatic heterocycles. The minimum atomic E-state index is -0.530. The van der Waals surface area contributed by atoms with Gasteiger partial charge in [0.1, 0.15) is 28.8 Å². The van der Waals surface area contributed by atoms with Crippen molar-refractivity contribution in [2.75, 3.05) is 18.5 Å². The van der Waals surface area contributed by atoms with Gasteiger partial charge in [0.25, 0.3) is 5.91 Å². The zero-order valence-electron chi connectivity index (χ0n) is 21.9. The van der Waals surface area contributed by atoms with Gasteiger partial charge in [0.05, 0.1) is 23.9 Å². The van der Waals surface area contributed by atoms with Crippen LogP contribution in [0.1, 0.15) is 32.3 Å². The molecule has 0 saturated heterocycles. The summed E-state index contributed by atoms with van der Waals surface area (Å²) in [5.74, 6) is 0.767. The number of nitrogens with zero attached hydrogens (tertiary/aromatic N) is 3. The molecule has 0 aliphatic carbocycles. The number of amides is 1. The second kappa shape index (κ2) is 13.3. The summed E-state index contributed by atoms with van der Waals surface area (Å²) in [4.78, 5) is 13.0. The summed E-state index contributed by atoms with van der Waals surface area (Å²) >= 11 is 6.54. The molecule has 1 N–H and O–H groups in total. The first-order valence-corrected chi connectivity index (χ1v) is 13.1. The van der Waals surface area contributed by atoms with E-state index in [2.05, 4.69) is 12.2 Å². The van der Waals surface area contributed by atoms with Crippen molar-refractivity contribution in [2.24, 2.45) is 0 Å². The van der Waals surface area contributed by atoms with Crippen LogP contribution in [0.4, 0.5) is 5.69 Å². The molecule has 3 aromatic carbocycles. The number of anilines is 1. The van der Waals surface area contributed by atoms with Gasteiger partial charge < -0.3 is 14.8 Å². The molecule has 1 amide bonds. The van der Waals surface area contributed by atoms with Crippen LogP contribution in [0.15, 0.2) is 84.6 Å². The fourth-order valence-corrected chi connectivity index (χ4v) is 4.06. The Morgan fingerprint density at radius 2 is 1.85 bits per heavy atom. The molecule has 198 valence electrons. The summed E-state index contributed by atoms with van der Waals surface area (Å²) in [7, 11) is 0. The number of nitrogens with one attached hydrogen (secondary N) is 1. The molecule has 7 nitrogen and oxygen atoms in total. The van der Waals surface area contributed by atoms with Crippen molar-refractivity contribution in [3.63, 3.8) is 0 Å². The Balaban J connectivity index is 1.68. The van der Waals surface area contributed by atoms with Crippen molar-refractivity contribution in [3.05, 3.63) is 95.2 Å². The molecule has 0 atom stereocenters. The third-order valence-electron chi connectivity index (χ3n) is 5.81. The molecule has 1 heterocycles. The minimum Gasteiger partial charge on any atom is -0.494 e. The number of halogens is 1. The van der Waals surface area contributed by atoms with E-state index in [1.54, 1.807) is 41.2 Å². The van der Waals surface area contributed by atoms with Crippen molar-refractivity contribution in [3.8, 4) is 34.5 Å². The third kappa shape index (κ3) is 7.07. The number of benzene rings is 3. The predicted octanol–water partition coefficient (Wildman–Crippen LogP) is 7.32. The second-order valence-electron chi connectivity index (χ2n) is 8.64. The highest BCUT2D eigenvalue weighted by Gasteiger charge is 2.17. The first-order valence-electron chi connectivity index (χ1n) is 12.8. The maximum atomic E-state index is 13.0. The van der Waals surface area contributed by atoms with Crippen LogP contribution in [0, 0.1) is 11.3 Å². The van der Waals surface area contributed by atoms with E-state index in [9.17, 15) is 10.1 Å². The van der Waals surface area contributed by atoms with Crippen molar-refractivity contribution >= 4 is 29.3 Å². The fraction of sp³-hybridized carbons (Fsp3) is 0.194. The predicted molar refractivity (Wildman–Crippen MR) is 154 cm³/mol. The molecule has 0 saturated carbocycles. The molecule has 0 aliphatic rings. The lowest BCUT2D eigenvalue weighted by molar-refractivity contribution is -0.112. The number of hydrogen-bond acceptors (Lipinski definition) is 5. The number of hydrogen-bond donors (Lipinski definition) is 1. The van der Waals surface area contributed by atoms with Gasteiger partial charge in [-0.2, -0.15) is 10.4 Å². The van der Waals surface area contributed by atoms with Crippen LogP contribution in [0.3, 0.4) is 0 Å². The van der Waals surface area contributed by atoms with Gasteiger partial charge in [-0.1, -0.05) is 43.1 Å². The molecule has 8 heteroatoms. The highest BCUT2D eigenvalue weighted by molar-refractivity contribution is 6.32. The Kier molecular flexibility index (Phi) is 9.39. The van der Waals surface area contributed by atoms with Gasteiger partial charge in [0.2, 0.25) is 0 Å². The summed E-state index contributed by atoms with van der Waals surface area (Å²) in [5, 5.41) is 17.9. The highest BCUT2D eigenvalue weighted by atomic mass is 35.5. The molecular formula is C31H29ClN4O3. The molecule has 0 unspecified atom stereocenters. The van der Waals surface area contributed by atoms with Crippen LogP contribution in [-0.2, 0) is 4.79 Å². The Morgan fingerprint density at radius 1 is 1.08 bits per heavy atom. The minimum absolute atomic E-state index is 0.0663. The van der Waals surface area contributed by atoms with Gasteiger partial charge in [-0.05, 0) is 74.0 Å². The van der Waals surface area contributed by atoms with E-state index in [4.69, 9.17) is 26.2 Å². The normalized spacial score (nSPS) is 11.1. The SMILES string of the molecule is CCCCOc1ccc(-c2nn(-c3ccccc3)cc2/C=C(/C#N)C(=O)Nc2ccc(OCC)cc2)cc1Cl. The summed E-state index contributed by atoms with van der Waals surface area (Å²) in [5.41, 5.74) is 3.21. The quantitative estimate of drug-likeness (QED) is 0.122. The van der Waals surface area contributed by atoms with Crippen molar-refractivity contribution in [1.29, 1.82) is 5.26 Å². The molecule has 0 bridgehead atoms. The van der Waals surface area contributed by atoms with E-state index in [1.165, 1.54) is 6.08 Å². The van der Waals surface area contributed by atoms with Crippen molar-refractivity contribution < 1.29 is 14.3 Å². The lowest BCUT2D eigenvalue weighted by Crippen LogP contribution is -2.13. The Morgan fingerprint density at radius 3 is 2.51 bits per heavy atom. The summed E-state index contributed by atoms with van der Waals surface area (Å²) in [6, 6.07) is 24.0. The van der Waals surface area contributed by atoms with Crippen LogP contribution < -0.4 is 14.8 Å². The van der Waals surface area contributed by atoms with Crippen molar-refractivity contribution in [1.82, 2.24) is 9.78 Å². The molecule has 39 heavy (non-hydrogen) atoms. The van der Waals surface area contributed by atoms with E-state index >= 15 is 0 Å². The van der Waals surface area contributed by atoms with E-state index < -0.39 is 5.91 Å². The smallest absolute Gasteiger partial charge is 0.266 e. The molecule has 4 rings (SSSR count). The molecule has 0 spiro atoms. The number of para-hydroxylation sites is 1. The average molecular weight is 541 g/mol. The van der Waals surface area contributed by atoms with Gasteiger partial charge in [-0.25, -0.2) is 4.68 Å². The van der Waals surface area contributed by atoms with Gasteiger partial charge in [-0.15, -0.1) is 0 Å². The third-order valence-corrected chi connectivity index (χ3v) is 6.11. The summed E-state index contributed by atoms with van der Waals surface area (Å²) in [6.45, 7) is 5.13. The lowest BCUT2D eigenvalue weighted by atomic mass is 10.1. The number of unbranched alkanes of at least 4 members (excludes halogenated alkanes) is 1.